The molecule has 0 amide bonds. The number of anilines is 1. The fraction of sp³-hybridized carbons (Fsp3) is 0.263. The van der Waals surface area contributed by atoms with Gasteiger partial charge in [0.1, 0.15) is 5.75 Å². The van der Waals surface area contributed by atoms with Gasteiger partial charge in [0.25, 0.3) is 0 Å². The molecular weight excluding hydrogens is 302 g/mol. The van der Waals surface area contributed by atoms with Crippen LogP contribution in [0.5, 0.6) is 5.75 Å². The number of aromatic nitrogens is 2. The Morgan fingerprint density at radius 1 is 1.00 bits per heavy atom. The maximum Gasteiger partial charge on any atom is 0.247 e. The van der Waals surface area contributed by atoms with Crippen molar-refractivity contribution in [2.45, 2.75) is 26.4 Å². The van der Waals surface area contributed by atoms with Gasteiger partial charge < -0.3 is 14.5 Å². The van der Waals surface area contributed by atoms with Crippen molar-refractivity contribution in [1.29, 1.82) is 0 Å². The van der Waals surface area contributed by atoms with Crippen LogP contribution in [-0.4, -0.2) is 22.8 Å². The van der Waals surface area contributed by atoms with E-state index in [1.165, 1.54) is 0 Å². The summed E-state index contributed by atoms with van der Waals surface area (Å²) in [6.45, 7) is 4.75. The molecule has 0 saturated heterocycles. The Morgan fingerprint density at radius 2 is 1.75 bits per heavy atom. The van der Waals surface area contributed by atoms with E-state index >= 15 is 0 Å². The summed E-state index contributed by atoms with van der Waals surface area (Å²) >= 11 is 0. The van der Waals surface area contributed by atoms with Gasteiger partial charge in [0, 0.05) is 24.2 Å². The van der Waals surface area contributed by atoms with Crippen molar-refractivity contribution in [1.82, 2.24) is 10.2 Å². The first kappa shape index (κ1) is 16.1. The largest absolute Gasteiger partial charge is 0.491 e. The van der Waals surface area contributed by atoms with E-state index in [9.17, 15) is 0 Å². The average molecular weight is 323 g/mol. The molecule has 3 rings (SSSR count). The topological polar surface area (TPSA) is 60.2 Å². The van der Waals surface area contributed by atoms with Crippen LogP contribution in [-0.2, 0) is 6.42 Å². The molecule has 2 aromatic carbocycles. The molecule has 124 valence electrons. The molecule has 3 aromatic rings. The SMILES string of the molecule is CC(C)Oc1ccc(NCCc2nnc(-c3ccccc3)o2)cc1. The lowest BCUT2D eigenvalue weighted by atomic mass is 10.2. The van der Waals surface area contributed by atoms with Crippen LogP contribution in [0.1, 0.15) is 19.7 Å². The van der Waals surface area contributed by atoms with Crippen LogP contribution in [0.4, 0.5) is 5.69 Å². The summed E-state index contributed by atoms with van der Waals surface area (Å²) in [5, 5.41) is 11.5. The van der Waals surface area contributed by atoms with Gasteiger partial charge in [-0.1, -0.05) is 18.2 Å². The van der Waals surface area contributed by atoms with Crippen molar-refractivity contribution in [2.75, 3.05) is 11.9 Å². The molecular formula is C19H21N3O2. The molecule has 0 atom stereocenters. The fourth-order valence-corrected chi connectivity index (χ4v) is 2.29. The third-order valence-electron chi connectivity index (χ3n) is 3.38. The van der Waals surface area contributed by atoms with Crippen LogP contribution in [0.2, 0.25) is 0 Å². The van der Waals surface area contributed by atoms with Gasteiger partial charge in [0.15, 0.2) is 0 Å². The molecule has 0 aliphatic rings. The van der Waals surface area contributed by atoms with Crippen molar-refractivity contribution in [3.05, 3.63) is 60.5 Å². The fourth-order valence-electron chi connectivity index (χ4n) is 2.29. The first-order chi connectivity index (χ1) is 11.7. The van der Waals surface area contributed by atoms with Crippen molar-refractivity contribution in [3.8, 4) is 17.2 Å². The third kappa shape index (κ3) is 4.35. The van der Waals surface area contributed by atoms with E-state index < -0.39 is 0 Å². The zero-order valence-electron chi connectivity index (χ0n) is 13.9. The molecule has 5 heteroatoms. The van der Waals surface area contributed by atoms with Crippen LogP contribution in [0, 0.1) is 0 Å². The molecule has 24 heavy (non-hydrogen) atoms. The zero-order valence-corrected chi connectivity index (χ0v) is 13.9. The van der Waals surface area contributed by atoms with Crippen LogP contribution in [0.15, 0.2) is 59.0 Å². The lowest BCUT2D eigenvalue weighted by Gasteiger charge is -2.10. The molecule has 0 aliphatic heterocycles. The van der Waals surface area contributed by atoms with Crippen LogP contribution < -0.4 is 10.1 Å². The Labute approximate surface area is 141 Å². The second kappa shape index (κ2) is 7.64. The van der Waals surface area contributed by atoms with E-state index in [4.69, 9.17) is 9.15 Å². The van der Waals surface area contributed by atoms with E-state index in [0.717, 1.165) is 23.5 Å². The average Bonchev–Trinajstić information content (AvgIpc) is 3.06. The Bertz CT molecular complexity index is 752. The minimum absolute atomic E-state index is 0.181. The first-order valence-electron chi connectivity index (χ1n) is 8.09. The van der Waals surface area contributed by atoms with E-state index in [0.29, 0.717) is 18.2 Å². The number of rotatable bonds is 7. The minimum atomic E-state index is 0.181. The van der Waals surface area contributed by atoms with Crippen LogP contribution in [0.25, 0.3) is 11.5 Å². The molecule has 0 radical (unpaired) electrons. The molecule has 0 fully saturated rings. The number of ether oxygens (including phenoxy) is 1. The van der Waals surface area contributed by atoms with Gasteiger partial charge in [0.2, 0.25) is 11.8 Å². The van der Waals surface area contributed by atoms with Crippen LogP contribution >= 0.6 is 0 Å². The second-order valence-electron chi connectivity index (χ2n) is 5.73. The molecule has 1 heterocycles. The number of hydrogen-bond acceptors (Lipinski definition) is 5. The molecule has 0 aliphatic carbocycles. The van der Waals surface area contributed by atoms with Crippen molar-refractivity contribution in [2.24, 2.45) is 0 Å². The molecule has 0 unspecified atom stereocenters. The van der Waals surface area contributed by atoms with Gasteiger partial charge in [-0.25, -0.2) is 0 Å². The highest BCUT2D eigenvalue weighted by Gasteiger charge is 2.07. The van der Waals surface area contributed by atoms with Crippen LogP contribution in [0.3, 0.4) is 0 Å². The standard InChI is InChI=1S/C19H21N3O2/c1-14(2)23-17-10-8-16(9-11-17)20-13-12-18-21-22-19(24-18)15-6-4-3-5-7-15/h3-11,14,20H,12-13H2,1-2H3. The van der Waals surface area contributed by atoms with Gasteiger partial charge in [-0.05, 0) is 50.2 Å². The second-order valence-corrected chi connectivity index (χ2v) is 5.73. The Morgan fingerprint density at radius 3 is 2.46 bits per heavy atom. The van der Waals surface area contributed by atoms with E-state index in [-0.39, 0.29) is 6.10 Å². The zero-order chi connectivity index (χ0) is 16.8. The van der Waals surface area contributed by atoms with Crippen molar-refractivity contribution < 1.29 is 9.15 Å². The summed E-state index contributed by atoms with van der Waals surface area (Å²) in [5.74, 6) is 2.06. The van der Waals surface area contributed by atoms with E-state index in [1.807, 2.05) is 68.4 Å². The smallest absolute Gasteiger partial charge is 0.247 e. The summed E-state index contributed by atoms with van der Waals surface area (Å²) in [6.07, 6.45) is 0.851. The Hall–Kier alpha value is -2.82. The minimum Gasteiger partial charge on any atom is -0.491 e. The van der Waals surface area contributed by atoms with E-state index in [1.54, 1.807) is 0 Å². The van der Waals surface area contributed by atoms with Crippen molar-refractivity contribution in [3.63, 3.8) is 0 Å². The number of nitrogens with zero attached hydrogens (tertiary/aromatic N) is 2. The Kier molecular flexibility index (Phi) is 5.11. The van der Waals surface area contributed by atoms with Gasteiger partial charge in [0.05, 0.1) is 6.10 Å². The Balaban J connectivity index is 1.51. The molecule has 0 spiro atoms. The maximum atomic E-state index is 5.69. The highest BCUT2D eigenvalue weighted by Crippen LogP contribution is 2.18. The van der Waals surface area contributed by atoms with Gasteiger partial charge in [-0.2, -0.15) is 0 Å². The van der Waals surface area contributed by atoms with E-state index in [2.05, 4.69) is 15.5 Å². The van der Waals surface area contributed by atoms with Gasteiger partial charge >= 0.3 is 0 Å². The molecule has 1 N–H and O–H groups in total. The molecule has 0 bridgehead atoms. The highest BCUT2D eigenvalue weighted by molar-refractivity contribution is 5.51. The summed E-state index contributed by atoms with van der Waals surface area (Å²) in [4.78, 5) is 0. The molecule has 0 saturated carbocycles. The highest BCUT2D eigenvalue weighted by atomic mass is 16.5. The summed E-state index contributed by atoms with van der Waals surface area (Å²) in [6, 6.07) is 17.7. The summed E-state index contributed by atoms with van der Waals surface area (Å²) in [7, 11) is 0. The normalized spacial score (nSPS) is 10.8. The van der Waals surface area contributed by atoms with Gasteiger partial charge in [-0.15, -0.1) is 10.2 Å². The number of benzene rings is 2. The first-order valence-corrected chi connectivity index (χ1v) is 8.09. The lowest BCUT2D eigenvalue weighted by Crippen LogP contribution is -2.06. The van der Waals surface area contributed by atoms with Crippen molar-refractivity contribution >= 4 is 5.69 Å². The maximum absolute atomic E-state index is 5.69. The predicted octanol–water partition coefficient (Wildman–Crippen LogP) is 4.18. The quantitative estimate of drug-likeness (QED) is 0.707. The third-order valence-corrected chi connectivity index (χ3v) is 3.38. The number of hydrogen-bond donors (Lipinski definition) is 1. The number of nitrogens with one attached hydrogen (secondary N) is 1. The predicted molar refractivity (Wildman–Crippen MR) is 94.1 cm³/mol. The monoisotopic (exact) mass is 323 g/mol. The lowest BCUT2D eigenvalue weighted by molar-refractivity contribution is 0.242. The van der Waals surface area contributed by atoms with Gasteiger partial charge in [-0.3, -0.25) is 0 Å². The summed E-state index contributed by atoms with van der Waals surface area (Å²) < 4.78 is 11.3. The molecule has 1 aromatic heterocycles. The summed E-state index contributed by atoms with van der Waals surface area (Å²) in [5.41, 5.74) is 1.97. The molecule has 5 nitrogen and oxygen atoms in total.